The zero-order valence-electron chi connectivity index (χ0n) is 14.0. The van der Waals surface area contributed by atoms with Gasteiger partial charge < -0.3 is 10.4 Å². The first kappa shape index (κ1) is 18.8. The maximum Gasteiger partial charge on any atom is 0.356 e. The highest BCUT2D eigenvalue weighted by atomic mass is 79.9. The predicted octanol–water partition coefficient (Wildman–Crippen LogP) is 2.76. The molecule has 1 aromatic carbocycles. The summed E-state index contributed by atoms with van der Waals surface area (Å²) in [6, 6.07) is 7.76. The van der Waals surface area contributed by atoms with E-state index in [-0.39, 0.29) is 36.9 Å². The second-order valence-corrected chi connectivity index (χ2v) is 6.54. The van der Waals surface area contributed by atoms with Crippen LogP contribution in [0.25, 0.3) is 0 Å². The molecule has 8 nitrogen and oxygen atoms in total. The third-order valence-electron chi connectivity index (χ3n) is 3.69. The van der Waals surface area contributed by atoms with Crippen molar-refractivity contribution in [3.63, 3.8) is 0 Å². The van der Waals surface area contributed by atoms with Crippen molar-refractivity contribution in [3.8, 4) is 0 Å². The summed E-state index contributed by atoms with van der Waals surface area (Å²) in [4.78, 5) is 22.9. The average Bonchev–Trinajstić information content (AvgIpc) is 3.22. The normalized spacial score (nSPS) is 10.7. The molecule has 27 heavy (non-hydrogen) atoms. The number of rotatable bonds is 7. The van der Waals surface area contributed by atoms with Crippen molar-refractivity contribution in [1.29, 1.82) is 0 Å². The van der Waals surface area contributed by atoms with Crippen LogP contribution in [-0.4, -0.2) is 36.5 Å². The Labute approximate surface area is 161 Å². The molecule has 0 radical (unpaired) electrons. The molecular weight excluding hydrogens is 421 g/mol. The van der Waals surface area contributed by atoms with E-state index in [1.54, 1.807) is 24.4 Å². The molecule has 0 fully saturated rings. The first-order valence-electron chi connectivity index (χ1n) is 7.95. The number of nitrogens with zero attached hydrogens (tertiary/aromatic N) is 4. The van der Waals surface area contributed by atoms with Gasteiger partial charge in [-0.05, 0) is 28.1 Å². The summed E-state index contributed by atoms with van der Waals surface area (Å²) in [6.07, 6.45) is 3.23. The van der Waals surface area contributed by atoms with Crippen LogP contribution in [0.2, 0.25) is 0 Å². The van der Waals surface area contributed by atoms with Crippen molar-refractivity contribution >= 4 is 33.6 Å². The number of hydrogen-bond acceptors (Lipinski definition) is 4. The van der Waals surface area contributed by atoms with E-state index >= 15 is 0 Å². The Kier molecular flexibility index (Phi) is 5.65. The molecule has 140 valence electrons. The fourth-order valence-electron chi connectivity index (χ4n) is 2.37. The molecule has 10 heteroatoms. The summed E-state index contributed by atoms with van der Waals surface area (Å²) in [7, 11) is 0. The number of halogens is 2. The van der Waals surface area contributed by atoms with Crippen molar-refractivity contribution < 1.29 is 19.1 Å². The molecule has 0 bridgehead atoms. The number of nitrogens with one attached hydrogen (secondary N) is 1. The number of benzene rings is 1. The molecule has 0 saturated heterocycles. The predicted molar refractivity (Wildman–Crippen MR) is 97.9 cm³/mol. The van der Waals surface area contributed by atoms with Crippen molar-refractivity contribution in [2.75, 3.05) is 5.32 Å². The third-order valence-corrected chi connectivity index (χ3v) is 4.27. The van der Waals surface area contributed by atoms with Crippen LogP contribution in [0.15, 0.2) is 47.2 Å². The third kappa shape index (κ3) is 4.79. The monoisotopic (exact) mass is 435 g/mol. The summed E-state index contributed by atoms with van der Waals surface area (Å²) in [5, 5.41) is 19.6. The van der Waals surface area contributed by atoms with E-state index < -0.39 is 5.97 Å². The fourth-order valence-corrected chi connectivity index (χ4v) is 2.79. The van der Waals surface area contributed by atoms with Gasteiger partial charge in [0.2, 0.25) is 5.91 Å². The van der Waals surface area contributed by atoms with Gasteiger partial charge in [0.15, 0.2) is 11.5 Å². The zero-order chi connectivity index (χ0) is 19.4. The Morgan fingerprint density at radius 2 is 1.96 bits per heavy atom. The van der Waals surface area contributed by atoms with Crippen LogP contribution in [0.3, 0.4) is 0 Å². The summed E-state index contributed by atoms with van der Waals surface area (Å²) in [5.41, 5.74) is 0.406. The Bertz CT molecular complexity index is 985. The largest absolute Gasteiger partial charge is 0.476 e. The standard InChI is InChI=1S/C17H15BrFN5O3/c18-12-10-24(9-11-3-1-2-4-13(11)19)22-16(12)20-15(25)6-8-23-7-5-14(21-23)17(26)27/h1-5,7,10H,6,8-9H2,(H,26,27)(H,20,22,25). The molecule has 1 amide bonds. The summed E-state index contributed by atoms with van der Waals surface area (Å²) in [5.74, 6) is -1.43. The second-order valence-electron chi connectivity index (χ2n) is 5.68. The van der Waals surface area contributed by atoms with Gasteiger partial charge in [-0.25, -0.2) is 9.18 Å². The Morgan fingerprint density at radius 3 is 2.67 bits per heavy atom. The van der Waals surface area contributed by atoms with Crippen molar-refractivity contribution in [2.24, 2.45) is 0 Å². The summed E-state index contributed by atoms with van der Waals surface area (Å²) in [6.45, 7) is 0.457. The lowest BCUT2D eigenvalue weighted by atomic mass is 10.2. The number of aryl methyl sites for hydroxylation is 1. The van der Waals surface area contributed by atoms with E-state index in [0.29, 0.717) is 15.9 Å². The number of carboxylic acids is 1. The minimum Gasteiger partial charge on any atom is -0.476 e. The molecule has 0 saturated carbocycles. The van der Waals surface area contributed by atoms with Gasteiger partial charge in [-0.15, -0.1) is 0 Å². The van der Waals surface area contributed by atoms with Crippen LogP contribution >= 0.6 is 15.9 Å². The molecule has 2 aromatic heterocycles. The molecular formula is C17H15BrFN5O3. The van der Waals surface area contributed by atoms with E-state index in [1.807, 2.05) is 0 Å². The highest BCUT2D eigenvalue weighted by Gasteiger charge is 2.13. The van der Waals surface area contributed by atoms with Gasteiger partial charge in [-0.3, -0.25) is 14.2 Å². The van der Waals surface area contributed by atoms with Gasteiger partial charge in [0, 0.05) is 30.9 Å². The molecule has 3 aromatic rings. The first-order valence-corrected chi connectivity index (χ1v) is 8.74. The molecule has 0 aliphatic carbocycles. The van der Waals surface area contributed by atoms with Crippen LogP contribution in [0.1, 0.15) is 22.5 Å². The lowest BCUT2D eigenvalue weighted by molar-refractivity contribution is -0.116. The smallest absolute Gasteiger partial charge is 0.356 e. The Balaban J connectivity index is 1.58. The average molecular weight is 436 g/mol. The number of hydrogen-bond donors (Lipinski definition) is 2. The Morgan fingerprint density at radius 1 is 1.19 bits per heavy atom. The number of aromatic carboxylic acids is 1. The number of amides is 1. The van der Waals surface area contributed by atoms with Crippen molar-refractivity contribution in [3.05, 3.63) is 64.3 Å². The van der Waals surface area contributed by atoms with Gasteiger partial charge in [0.25, 0.3) is 0 Å². The van der Waals surface area contributed by atoms with Gasteiger partial charge in [-0.2, -0.15) is 10.2 Å². The van der Waals surface area contributed by atoms with Gasteiger partial charge in [-0.1, -0.05) is 18.2 Å². The van der Waals surface area contributed by atoms with Crippen molar-refractivity contribution in [2.45, 2.75) is 19.5 Å². The molecule has 3 rings (SSSR count). The molecule has 0 unspecified atom stereocenters. The second kappa shape index (κ2) is 8.12. The summed E-state index contributed by atoms with van der Waals surface area (Å²) < 4.78 is 17.2. The lowest BCUT2D eigenvalue weighted by Crippen LogP contribution is -2.16. The van der Waals surface area contributed by atoms with E-state index in [0.717, 1.165) is 0 Å². The topological polar surface area (TPSA) is 102 Å². The van der Waals surface area contributed by atoms with E-state index in [2.05, 4.69) is 31.4 Å². The molecule has 0 atom stereocenters. The number of carbonyl (C=O) groups is 2. The minimum atomic E-state index is -1.12. The maximum atomic E-state index is 13.7. The molecule has 0 spiro atoms. The fraction of sp³-hybridized carbons (Fsp3) is 0.176. The quantitative estimate of drug-likeness (QED) is 0.593. The number of carbonyl (C=O) groups excluding carboxylic acids is 1. The number of aromatic nitrogens is 4. The van der Waals surface area contributed by atoms with Gasteiger partial charge >= 0.3 is 5.97 Å². The zero-order valence-corrected chi connectivity index (χ0v) is 15.6. The van der Waals surface area contributed by atoms with Gasteiger partial charge in [0.1, 0.15) is 5.82 Å². The Hall–Kier alpha value is -3.01. The number of carboxylic acid groups (broad SMARTS) is 1. The lowest BCUT2D eigenvalue weighted by Gasteiger charge is -2.04. The van der Waals surface area contributed by atoms with Crippen LogP contribution in [-0.2, 0) is 17.9 Å². The molecule has 0 aliphatic heterocycles. The SMILES string of the molecule is O=C(CCn1ccc(C(=O)O)n1)Nc1nn(Cc2ccccc2F)cc1Br. The van der Waals surface area contributed by atoms with Crippen LogP contribution in [0, 0.1) is 5.82 Å². The van der Waals surface area contributed by atoms with Crippen LogP contribution < -0.4 is 5.32 Å². The first-order chi connectivity index (χ1) is 12.9. The molecule has 2 N–H and O–H groups in total. The summed E-state index contributed by atoms with van der Waals surface area (Å²) >= 11 is 3.32. The van der Waals surface area contributed by atoms with E-state index in [1.165, 1.54) is 27.7 Å². The highest BCUT2D eigenvalue weighted by Crippen LogP contribution is 2.21. The highest BCUT2D eigenvalue weighted by molar-refractivity contribution is 9.10. The molecule has 0 aliphatic rings. The van der Waals surface area contributed by atoms with Crippen LogP contribution in [0.5, 0.6) is 0 Å². The van der Waals surface area contributed by atoms with Crippen LogP contribution in [0.4, 0.5) is 10.2 Å². The number of anilines is 1. The van der Waals surface area contributed by atoms with Crippen molar-refractivity contribution in [1.82, 2.24) is 19.6 Å². The minimum absolute atomic E-state index is 0.0787. The van der Waals surface area contributed by atoms with E-state index in [4.69, 9.17) is 5.11 Å². The maximum absolute atomic E-state index is 13.7. The molecule has 2 heterocycles. The van der Waals surface area contributed by atoms with Gasteiger partial charge in [0.05, 0.1) is 11.0 Å². The van der Waals surface area contributed by atoms with E-state index in [9.17, 15) is 14.0 Å².